The molecule has 0 spiro atoms. The second kappa shape index (κ2) is 5.48. The van der Waals surface area contributed by atoms with E-state index in [1.165, 1.54) is 36.4 Å². The Morgan fingerprint density at radius 1 is 1.11 bits per heavy atom. The summed E-state index contributed by atoms with van der Waals surface area (Å²) in [6.07, 6.45) is 0. The normalized spacial score (nSPS) is 11.9. The van der Waals surface area contributed by atoms with Crippen LogP contribution >= 0.6 is 0 Å². The van der Waals surface area contributed by atoms with E-state index in [0.717, 1.165) is 0 Å². The molecule has 0 saturated carbocycles. The second-order valence-electron chi connectivity index (χ2n) is 4.01. The molecule has 2 aromatic rings. The first-order valence-electron chi connectivity index (χ1n) is 5.64. The number of hydrogen-bond acceptors (Lipinski definition) is 2. The number of benzene rings is 2. The highest BCUT2D eigenvalue weighted by Gasteiger charge is 2.19. The molecule has 1 unspecified atom stereocenters. The molecular weight excluding hydrogens is 250 g/mol. The lowest BCUT2D eigenvalue weighted by atomic mass is 10.1. The maximum Gasteiger partial charge on any atom is 0.244 e. The molecule has 0 aromatic heterocycles. The first-order chi connectivity index (χ1) is 9.08. The van der Waals surface area contributed by atoms with Crippen molar-refractivity contribution in [3.63, 3.8) is 0 Å². The summed E-state index contributed by atoms with van der Waals surface area (Å²) in [5.41, 5.74) is 5.75. The van der Waals surface area contributed by atoms with Gasteiger partial charge in [-0.3, -0.25) is 4.79 Å². The van der Waals surface area contributed by atoms with Crippen molar-refractivity contribution in [3.05, 3.63) is 65.7 Å². The summed E-state index contributed by atoms with van der Waals surface area (Å²) in [4.78, 5) is 11.4. The third kappa shape index (κ3) is 3.07. The van der Waals surface area contributed by atoms with Crippen molar-refractivity contribution in [2.75, 3.05) is 5.32 Å². The van der Waals surface area contributed by atoms with Crippen molar-refractivity contribution < 1.29 is 13.6 Å². The van der Waals surface area contributed by atoms with Crippen LogP contribution in [0.2, 0.25) is 0 Å². The van der Waals surface area contributed by atoms with Crippen LogP contribution in [0.25, 0.3) is 0 Å². The van der Waals surface area contributed by atoms with Gasteiger partial charge in [-0.15, -0.1) is 0 Å². The van der Waals surface area contributed by atoms with Crippen LogP contribution in [0, 0.1) is 11.6 Å². The molecule has 1 amide bonds. The van der Waals surface area contributed by atoms with Crippen LogP contribution in [0.3, 0.4) is 0 Å². The lowest BCUT2D eigenvalue weighted by Gasteiger charge is -2.17. The van der Waals surface area contributed by atoms with Gasteiger partial charge in [0.05, 0.1) is 5.69 Å². The van der Waals surface area contributed by atoms with Crippen LogP contribution in [0.5, 0.6) is 0 Å². The Kier molecular flexibility index (Phi) is 3.75. The van der Waals surface area contributed by atoms with Crippen molar-refractivity contribution in [3.8, 4) is 0 Å². The zero-order valence-electron chi connectivity index (χ0n) is 9.94. The molecule has 0 fully saturated rings. The molecule has 0 radical (unpaired) electrons. The van der Waals surface area contributed by atoms with Gasteiger partial charge in [0.1, 0.15) is 17.7 Å². The summed E-state index contributed by atoms with van der Waals surface area (Å²) in [6.45, 7) is 0. The molecule has 98 valence electrons. The maximum absolute atomic E-state index is 13.5. The van der Waals surface area contributed by atoms with Gasteiger partial charge < -0.3 is 11.1 Å². The molecule has 0 saturated heterocycles. The molecular formula is C14H12F2N2O. The number of amides is 1. The Bertz CT molecular complexity index is 602. The number of carbonyl (C=O) groups is 1. The smallest absolute Gasteiger partial charge is 0.244 e. The van der Waals surface area contributed by atoms with Gasteiger partial charge >= 0.3 is 0 Å². The maximum atomic E-state index is 13.5. The minimum atomic E-state index is -0.993. The molecule has 3 nitrogen and oxygen atoms in total. The molecule has 0 aliphatic carbocycles. The van der Waals surface area contributed by atoms with E-state index >= 15 is 0 Å². The van der Waals surface area contributed by atoms with Crippen LogP contribution in [0.4, 0.5) is 14.5 Å². The molecule has 0 aliphatic heterocycles. The minimum Gasteiger partial charge on any atom is -0.368 e. The van der Waals surface area contributed by atoms with Crippen LogP contribution < -0.4 is 11.1 Å². The van der Waals surface area contributed by atoms with Crippen molar-refractivity contribution in [1.29, 1.82) is 0 Å². The van der Waals surface area contributed by atoms with Crippen molar-refractivity contribution in [2.24, 2.45) is 5.73 Å². The number of nitrogens with one attached hydrogen (secondary N) is 1. The van der Waals surface area contributed by atoms with Gasteiger partial charge in [0.25, 0.3) is 0 Å². The summed E-state index contributed by atoms with van der Waals surface area (Å²) in [5, 5.41) is 2.67. The Balaban J connectivity index is 2.32. The Morgan fingerprint density at radius 2 is 1.84 bits per heavy atom. The monoisotopic (exact) mass is 262 g/mol. The zero-order chi connectivity index (χ0) is 13.8. The fourth-order valence-electron chi connectivity index (χ4n) is 1.74. The highest BCUT2D eigenvalue weighted by molar-refractivity contribution is 5.84. The highest BCUT2D eigenvalue weighted by Crippen LogP contribution is 2.22. The number of anilines is 1. The summed E-state index contributed by atoms with van der Waals surface area (Å²) in [7, 11) is 0. The number of halogens is 2. The number of nitrogens with two attached hydrogens (primary N) is 1. The third-order valence-corrected chi connectivity index (χ3v) is 2.64. The van der Waals surface area contributed by atoms with Gasteiger partial charge in [0.2, 0.25) is 5.91 Å². The Labute approximate surface area is 109 Å². The van der Waals surface area contributed by atoms with Crippen LogP contribution in [-0.4, -0.2) is 5.91 Å². The fraction of sp³-hybridized carbons (Fsp3) is 0.0714. The third-order valence-electron chi connectivity index (χ3n) is 2.64. The van der Waals surface area contributed by atoms with E-state index in [1.54, 1.807) is 12.1 Å². The average Bonchev–Trinajstić information content (AvgIpc) is 2.37. The molecule has 2 rings (SSSR count). The SMILES string of the molecule is NC(=O)C(Nc1ccccc1F)c1cccc(F)c1. The number of para-hydroxylation sites is 1. The molecule has 19 heavy (non-hydrogen) atoms. The van der Waals surface area contributed by atoms with Gasteiger partial charge in [0.15, 0.2) is 0 Å². The van der Waals surface area contributed by atoms with Gasteiger partial charge in [-0.25, -0.2) is 8.78 Å². The first-order valence-corrected chi connectivity index (χ1v) is 5.64. The topological polar surface area (TPSA) is 55.1 Å². The first kappa shape index (κ1) is 13.0. The highest BCUT2D eigenvalue weighted by atomic mass is 19.1. The van der Waals surface area contributed by atoms with E-state index in [4.69, 9.17) is 5.73 Å². The largest absolute Gasteiger partial charge is 0.368 e. The lowest BCUT2D eigenvalue weighted by Crippen LogP contribution is -2.28. The summed E-state index contributed by atoms with van der Waals surface area (Å²) in [6, 6.07) is 10.3. The van der Waals surface area contributed by atoms with E-state index < -0.39 is 23.6 Å². The Morgan fingerprint density at radius 3 is 2.47 bits per heavy atom. The molecule has 0 heterocycles. The van der Waals surface area contributed by atoms with Crippen molar-refractivity contribution in [2.45, 2.75) is 6.04 Å². The average molecular weight is 262 g/mol. The number of hydrogen-bond donors (Lipinski definition) is 2. The van der Waals surface area contributed by atoms with Gasteiger partial charge in [-0.2, -0.15) is 0 Å². The molecule has 1 atom stereocenters. The Hall–Kier alpha value is -2.43. The minimum absolute atomic E-state index is 0.135. The number of primary amides is 1. The lowest BCUT2D eigenvalue weighted by molar-refractivity contribution is -0.118. The van der Waals surface area contributed by atoms with E-state index in [-0.39, 0.29) is 5.69 Å². The summed E-state index contributed by atoms with van der Waals surface area (Å²) >= 11 is 0. The van der Waals surface area contributed by atoms with Crippen LogP contribution in [0.15, 0.2) is 48.5 Å². The van der Waals surface area contributed by atoms with E-state index in [1.807, 2.05) is 0 Å². The van der Waals surface area contributed by atoms with Gasteiger partial charge in [-0.05, 0) is 29.8 Å². The zero-order valence-corrected chi connectivity index (χ0v) is 9.94. The quantitative estimate of drug-likeness (QED) is 0.889. The fourth-order valence-corrected chi connectivity index (χ4v) is 1.74. The number of rotatable bonds is 4. The van der Waals surface area contributed by atoms with Gasteiger partial charge in [-0.1, -0.05) is 24.3 Å². The van der Waals surface area contributed by atoms with E-state index in [9.17, 15) is 13.6 Å². The van der Waals surface area contributed by atoms with Crippen molar-refractivity contribution >= 4 is 11.6 Å². The summed E-state index contributed by atoms with van der Waals surface area (Å²) in [5.74, 6) is -1.71. The second-order valence-corrected chi connectivity index (χ2v) is 4.01. The molecule has 0 bridgehead atoms. The predicted octanol–water partition coefficient (Wildman–Crippen LogP) is 2.60. The standard InChI is InChI=1S/C14H12F2N2O/c15-10-5-3-4-9(8-10)13(14(17)19)18-12-7-2-1-6-11(12)16/h1-8,13,18H,(H2,17,19). The molecule has 3 N–H and O–H groups in total. The summed E-state index contributed by atoms with van der Waals surface area (Å²) < 4.78 is 26.7. The van der Waals surface area contributed by atoms with Crippen LogP contribution in [0.1, 0.15) is 11.6 Å². The number of carbonyl (C=O) groups excluding carboxylic acids is 1. The molecule has 2 aromatic carbocycles. The molecule has 0 aliphatic rings. The predicted molar refractivity (Wildman–Crippen MR) is 68.4 cm³/mol. The van der Waals surface area contributed by atoms with Crippen LogP contribution in [-0.2, 0) is 4.79 Å². The van der Waals surface area contributed by atoms with E-state index in [2.05, 4.69) is 5.32 Å². The van der Waals surface area contributed by atoms with E-state index in [0.29, 0.717) is 5.56 Å². The van der Waals surface area contributed by atoms with Crippen molar-refractivity contribution in [1.82, 2.24) is 0 Å². The molecule has 5 heteroatoms. The van der Waals surface area contributed by atoms with Gasteiger partial charge in [0, 0.05) is 0 Å².